The molecule has 1 aliphatic rings. The van der Waals surface area contributed by atoms with Gasteiger partial charge in [-0.05, 0) is 31.2 Å². The van der Waals surface area contributed by atoms with E-state index in [1.807, 2.05) is 0 Å². The molecule has 0 heterocycles. The number of hydrogen-bond donors (Lipinski definition) is 1. The summed E-state index contributed by atoms with van der Waals surface area (Å²) >= 11 is 0. The molecule has 114 valence electrons. The third kappa shape index (κ3) is 6.73. The molecule has 2 atom stereocenters. The van der Waals surface area contributed by atoms with Gasteiger partial charge in [0.25, 0.3) is 0 Å². The van der Waals surface area contributed by atoms with Crippen LogP contribution in [-0.2, 0) is 4.74 Å². The van der Waals surface area contributed by atoms with Crippen LogP contribution in [0.5, 0.6) is 0 Å². The van der Waals surface area contributed by atoms with Crippen molar-refractivity contribution in [3.63, 3.8) is 0 Å². The largest absolute Gasteiger partial charge is 0.383 e. The van der Waals surface area contributed by atoms with Crippen molar-refractivity contribution >= 4 is 0 Å². The number of rotatable bonds is 9. The fourth-order valence-corrected chi connectivity index (χ4v) is 3.28. The van der Waals surface area contributed by atoms with E-state index < -0.39 is 0 Å². The highest BCUT2D eigenvalue weighted by Gasteiger charge is 2.26. The molecule has 0 aromatic carbocycles. The maximum atomic E-state index is 5.26. The van der Waals surface area contributed by atoms with Gasteiger partial charge in [-0.15, -0.1) is 0 Å². The molecule has 3 nitrogen and oxygen atoms in total. The van der Waals surface area contributed by atoms with Crippen LogP contribution in [0.25, 0.3) is 0 Å². The summed E-state index contributed by atoms with van der Waals surface area (Å²) in [7, 11) is 1.80. The zero-order valence-electron chi connectivity index (χ0n) is 13.5. The summed E-state index contributed by atoms with van der Waals surface area (Å²) in [6.45, 7) is 12.3. The zero-order valence-corrected chi connectivity index (χ0v) is 13.5. The summed E-state index contributed by atoms with van der Waals surface area (Å²) < 4.78 is 5.26. The summed E-state index contributed by atoms with van der Waals surface area (Å²) in [6.07, 6.45) is 5.56. The van der Waals surface area contributed by atoms with Crippen LogP contribution in [0.15, 0.2) is 0 Å². The molecule has 1 fully saturated rings. The molecule has 0 aliphatic heterocycles. The molecule has 0 aromatic rings. The van der Waals surface area contributed by atoms with Crippen molar-refractivity contribution in [1.29, 1.82) is 0 Å². The van der Waals surface area contributed by atoms with Crippen LogP contribution in [-0.4, -0.2) is 50.8 Å². The highest BCUT2D eigenvalue weighted by Crippen LogP contribution is 2.25. The summed E-state index contributed by atoms with van der Waals surface area (Å²) in [5.74, 6) is 1.56. The van der Waals surface area contributed by atoms with Crippen LogP contribution >= 0.6 is 0 Å². The molecule has 1 aliphatic carbocycles. The van der Waals surface area contributed by atoms with Crippen molar-refractivity contribution in [1.82, 2.24) is 10.2 Å². The smallest absolute Gasteiger partial charge is 0.0589 e. The first-order valence-corrected chi connectivity index (χ1v) is 8.12. The van der Waals surface area contributed by atoms with Crippen LogP contribution in [0.1, 0.15) is 46.5 Å². The van der Waals surface area contributed by atoms with E-state index in [-0.39, 0.29) is 0 Å². The van der Waals surface area contributed by atoms with E-state index in [0.717, 1.165) is 37.6 Å². The monoisotopic (exact) mass is 270 g/mol. The highest BCUT2D eigenvalue weighted by molar-refractivity contribution is 4.83. The van der Waals surface area contributed by atoms with Gasteiger partial charge in [0.15, 0.2) is 0 Å². The molecule has 0 amide bonds. The van der Waals surface area contributed by atoms with Crippen LogP contribution < -0.4 is 5.32 Å². The van der Waals surface area contributed by atoms with Crippen molar-refractivity contribution in [2.75, 3.05) is 39.9 Å². The van der Waals surface area contributed by atoms with Gasteiger partial charge in [-0.3, -0.25) is 0 Å². The molecule has 19 heavy (non-hydrogen) atoms. The van der Waals surface area contributed by atoms with E-state index in [1.165, 1.54) is 38.8 Å². The molecule has 0 radical (unpaired) electrons. The summed E-state index contributed by atoms with van der Waals surface area (Å²) in [4.78, 5) is 2.61. The Balaban J connectivity index is 2.48. The average Bonchev–Trinajstić information content (AvgIpc) is 2.38. The van der Waals surface area contributed by atoms with Crippen LogP contribution in [0.2, 0.25) is 0 Å². The molecule has 0 saturated heterocycles. The Bertz CT molecular complexity index is 219. The average molecular weight is 270 g/mol. The molecular weight excluding hydrogens is 236 g/mol. The Hall–Kier alpha value is -0.120. The Morgan fingerprint density at radius 1 is 1.26 bits per heavy atom. The minimum absolute atomic E-state index is 0.732. The van der Waals surface area contributed by atoms with E-state index in [0.29, 0.717) is 0 Å². The van der Waals surface area contributed by atoms with Crippen molar-refractivity contribution in [3.05, 3.63) is 0 Å². The predicted molar refractivity (Wildman–Crippen MR) is 82.6 cm³/mol. The zero-order chi connectivity index (χ0) is 14.1. The first-order valence-electron chi connectivity index (χ1n) is 8.12. The molecule has 3 heteroatoms. The van der Waals surface area contributed by atoms with Gasteiger partial charge >= 0.3 is 0 Å². The van der Waals surface area contributed by atoms with Gasteiger partial charge in [0.2, 0.25) is 0 Å². The van der Waals surface area contributed by atoms with Crippen molar-refractivity contribution < 1.29 is 4.74 Å². The quantitative estimate of drug-likeness (QED) is 0.697. The second-order valence-electron chi connectivity index (χ2n) is 6.35. The van der Waals surface area contributed by atoms with Crippen molar-refractivity contribution in [2.24, 2.45) is 11.8 Å². The molecule has 1 rings (SSSR count). The first kappa shape index (κ1) is 16.9. The predicted octanol–water partition coefficient (Wildman–Crippen LogP) is 2.76. The van der Waals surface area contributed by atoms with Gasteiger partial charge in [-0.2, -0.15) is 0 Å². The number of nitrogens with one attached hydrogen (secondary N) is 1. The fourth-order valence-electron chi connectivity index (χ4n) is 3.28. The summed E-state index contributed by atoms with van der Waals surface area (Å²) in [5, 5.41) is 3.69. The summed E-state index contributed by atoms with van der Waals surface area (Å²) in [6, 6.07) is 0.732. The van der Waals surface area contributed by atoms with E-state index in [1.54, 1.807) is 7.11 Å². The molecule has 2 unspecified atom stereocenters. The van der Waals surface area contributed by atoms with Crippen LogP contribution in [0.4, 0.5) is 0 Å². The van der Waals surface area contributed by atoms with Gasteiger partial charge in [-0.1, -0.05) is 33.6 Å². The maximum Gasteiger partial charge on any atom is 0.0589 e. The third-order valence-corrected chi connectivity index (χ3v) is 4.10. The lowest BCUT2D eigenvalue weighted by molar-refractivity contribution is 0.111. The molecular formula is C16H34N2O. The fraction of sp³-hybridized carbons (Fsp3) is 1.00. The lowest BCUT2D eigenvalue weighted by Gasteiger charge is -2.36. The second-order valence-corrected chi connectivity index (χ2v) is 6.35. The van der Waals surface area contributed by atoms with E-state index in [2.05, 4.69) is 31.0 Å². The number of hydrogen-bond acceptors (Lipinski definition) is 3. The molecule has 0 spiro atoms. The normalized spacial score (nSPS) is 24.3. The molecule has 1 saturated carbocycles. The third-order valence-electron chi connectivity index (χ3n) is 4.10. The minimum Gasteiger partial charge on any atom is -0.383 e. The molecule has 0 aromatic heterocycles. The number of nitrogens with zero attached hydrogens (tertiary/aromatic N) is 1. The summed E-state index contributed by atoms with van der Waals surface area (Å²) in [5.41, 5.74) is 0. The van der Waals surface area contributed by atoms with E-state index in [9.17, 15) is 0 Å². The minimum atomic E-state index is 0.732. The second kappa shape index (κ2) is 9.73. The lowest BCUT2D eigenvalue weighted by atomic mass is 9.84. The van der Waals surface area contributed by atoms with Gasteiger partial charge in [0.1, 0.15) is 0 Å². The lowest BCUT2D eigenvalue weighted by Crippen LogP contribution is -2.45. The van der Waals surface area contributed by atoms with Crippen LogP contribution in [0.3, 0.4) is 0 Å². The standard InChI is InChI=1S/C16H34N2O/c1-5-17-16-9-7-6-8-15(16)13-18(10-11-19-4)12-14(2)3/h14-17H,5-13H2,1-4H3. The number of ether oxygens (including phenoxy) is 1. The van der Waals surface area contributed by atoms with Crippen molar-refractivity contribution in [3.8, 4) is 0 Å². The van der Waals surface area contributed by atoms with E-state index in [4.69, 9.17) is 4.74 Å². The van der Waals surface area contributed by atoms with Gasteiger partial charge in [0.05, 0.1) is 6.61 Å². The van der Waals surface area contributed by atoms with E-state index >= 15 is 0 Å². The Kier molecular flexibility index (Phi) is 8.67. The Labute approximate surface area is 120 Å². The van der Waals surface area contributed by atoms with Crippen LogP contribution in [0, 0.1) is 11.8 Å². The van der Waals surface area contributed by atoms with Gasteiger partial charge in [0, 0.05) is 32.8 Å². The first-order chi connectivity index (χ1) is 9.17. The maximum absolute atomic E-state index is 5.26. The topological polar surface area (TPSA) is 24.5 Å². The Morgan fingerprint density at radius 2 is 2.00 bits per heavy atom. The molecule has 0 bridgehead atoms. The van der Waals surface area contributed by atoms with Gasteiger partial charge < -0.3 is 15.0 Å². The van der Waals surface area contributed by atoms with Gasteiger partial charge in [-0.25, -0.2) is 0 Å². The van der Waals surface area contributed by atoms with Crippen molar-refractivity contribution in [2.45, 2.75) is 52.5 Å². The molecule has 1 N–H and O–H groups in total. The SMILES string of the molecule is CCNC1CCCCC1CN(CCOC)CC(C)C. The highest BCUT2D eigenvalue weighted by atomic mass is 16.5. The Morgan fingerprint density at radius 3 is 2.63 bits per heavy atom. The number of methoxy groups -OCH3 is 1.